The van der Waals surface area contributed by atoms with Crippen molar-refractivity contribution in [3.8, 4) is 0 Å². The van der Waals surface area contributed by atoms with E-state index in [1.54, 1.807) is 0 Å². The minimum atomic E-state index is -4.85. The Morgan fingerprint density at radius 2 is 2.11 bits per heavy atom. The summed E-state index contributed by atoms with van der Waals surface area (Å²) >= 11 is 6.94. The maximum atomic E-state index is 13.8. The van der Waals surface area contributed by atoms with Crippen LogP contribution in [0.5, 0.6) is 0 Å². The van der Waals surface area contributed by atoms with Crippen molar-refractivity contribution in [2.45, 2.75) is 18.1 Å². The highest BCUT2D eigenvalue weighted by atomic mass is 35.5. The standard InChI is InChI=1S/C16H11ClF4N2O3S/c17-11-7-3-9(18)8(16(19,20)21)4-10(7)27-12(11)13(24)23-2-1-15(5-23)6-26-14(25)22-15/h3-4H,1-2,5-6H2,(H,22,25). The number of ether oxygens (including phenoxy) is 1. The van der Waals surface area contributed by atoms with Crippen LogP contribution in [0.15, 0.2) is 12.1 Å². The van der Waals surface area contributed by atoms with Gasteiger partial charge in [-0.1, -0.05) is 11.6 Å². The van der Waals surface area contributed by atoms with E-state index in [-0.39, 0.29) is 33.1 Å². The van der Waals surface area contributed by atoms with Gasteiger partial charge in [0.15, 0.2) is 0 Å². The SMILES string of the molecule is O=C1NC2(CCN(C(=O)c3sc4cc(C(F)(F)F)c(F)cc4c3Cl)C2)CO1. The van der Waals surface area contributed by atoms with Gasteiger partial charge in [0.25, 0.3) is 5.91 Å². The largest absolute Gasteiger partial charge is 0.447 e. The average molecular weight is 423 g/mol. The van der Waals surface area contributed by atoms with Gasteiger partial charge in [0, 0.05) is 23.2 Å². The molecule has 1 unspecified atom stereocenters. The molecule has 2 aromatic rings. The Balaban J connectivity index is 1.67. The fraction of sp³-hybridized carbons (Fsp3) is 0.375. The van der Waals surface area contributed by atoms with E-state index in [1.165, 1.54) is 4.90 Å². The lowest BCUT2D eigenvalue weighted by Crippen LogP contribution is -2.46. The van der Waals surface area contributed by atoms with Gasteiger partial charge in [-0.25, -0.2) is 9.18 Å². The second kappa shape index (κ2) is 5.96. The Kier molecular flexibility index (Phi) is 4.04. The molecule has 1 atom stereocenters. The number of nitrogens with zero attached hydrogens (tertiary/aromatic N) is 1. The van der Waals surface area contributed by atoms with E-state index in [1.807, 2.05) is 0 Å². The molecule has 2 amide bonds. The summed E-state index contributed by atoms with van der Waals surface area (Å²) in [5.41, 5.74) is -2.07. The van der Waals surface area contributed by atoms with Crippen molar-refractivity contribution >= 4 is 45.0 Å². The van der Waals surface area contributed by atoms with Gasteiger partial charge in [-0.05, 0) is 18.6 Å². The van der Waals surface area contributed by atoms with Gasteiger partial charge in [0.1, 0.15) is 17.3 Å². The number of hydrogen-bond acceptors (Lipinski definition) is 4. The molecule has 0 saturated carbocycles. The van der Waals surface area contributed by atoms with Gasteiger partial charge in [-0.3, -0.25) is 4.79 Å². The molecule has 27 heavy (non-hydrogen) atoms. The van der Waals surface area contributed by atoms with Gasteiger partial charge in [0.05, 0.1) is 16.1 Å². The molecule has 2 aliphatic heterocycles. The molecule has 1 N–H and O–H groups in total. The minimum Gasteiger partial charge on any atom is -0.447 e. The first-order valence-electron chi connectivity index (χ1n) is 7.83. The number of benzene rings is 1. The summed E-state index contributed by atoms with van der Waals surface area (Å²) in [5, 5.41) is 2.65. The topological polar surface area (TPSA) is 58.6 Å². The van der Waals surface area contributed by atoms with Gasteiger partial charge in [-0.2, -0.15) is 13.2 Å². The predicted octanol–water partition coefficient (Wildman–Crippen LogP) is 4.04. The number of thiophene rings is 1. The van der Waals surface area contributed by atoms with Crippen LogP contribution in [-0.2, 0) is 10.9 Å². The first-order chi connectivity index (χ1) is 12.6. The summed E-state index contributed by atoms with van der Waals surface area (Å²) in [4.78, 5) is 25.6. The summed E-state index contributed by atoms with van der Waals surface area (Å²) in [6, 6.07) is 1.36. The Morgan fingerprint density at radius 1 is 1.37 bits per heavy atom. The average Bonchev–Trinajstić information content (AvgIpc) is 3.25. The maximum Gasteiger partial charge on any atom is 0.419 e. The Hall–Kier alpha value is -2.07. The quantitative estimate of drug-likeness (QED) is 0.706. The highest BCUT2D eigenvalue weighted by molar-refractivity contribution is 7.21. The first-order valence-corrected chi connectivity index (χ1v) is 9.02. The van der Waals surface area contributed by atoms with Crippen LogP contribution in [0.1, 0.15) is 21.7 Å². The molecule has 1 aromatic carbocycles. The number of alkyl carbamates (subject to hydrolysis) is 1. The molecule has 4 rings (SSSR count). The maximum absolute atomic E-state index is 13.8. The summed E-state index contributed by atoms with van der Waals surface area (Å²) in [7, 11) is 0. The van der Waals surface area contributed by atoms with Crippen molar-refractivity contribution < 1.29 is 31.9 Å². The second-order valence-electron chi connectivity index (χ2n) is 6.53. The predicted molar refractivity (Wildman–Crippen MR) is 89.5 cm³/mol. The lowest BCUT2D eigenvalue weighted by molar-refractivity contribution is -0.139. The van der Waals surface area contributed by atoms with Crippen molar-refractivity contribution in [1.29, 1.82) is 0 Å². The highest BCUT2D eigenvalue weighted by Crippen LogP contribution is 2.41. The van der Waals surface area contributed by atoms with E-state index in [4.69, 9.17) is 16.3 Å². The van der Waals surface area contributed by atoms with Crippen LogP contribution in [0.25, 0.3) is 10.1 Å². The smallest absolute Gasteiger partial charge is 0.419 e. The molecule has 11 heteroatoms. The van der Waals surface area contributed by atoms with E-state index in [2.05, 4.69) is 5.32 Å². The lowest BCUT2D eigenvalue weighted by atomic mass is 10.0. The van der Waals surface area contributed by atoms with Crippen LogP contribution in [0.4, 0.5) is 22.4 Å². The van der Waals surface area contributed by atoms with E-state index in [0.29, 0.717) is 25.1 Å². The van der Waals surface area contributed by atoms with Crippen molar-refractivity contribution in [3.05, 3.63) is 33.4 Å². The lowest BCUT2D eigenvalue weighted by Gasteiger charge is -2.21. The van der Waals surface area contributed by atoms with Crippen LogP contribution in [0.3, 0.4) is 0 Å². The number of fused-ring (bicyclic) bond motifs is 1. The van der Waals surface area contributed by atoms with Crippen LogP contribution in [0.2, 0.25) is 5.02 Å². The molecule has 3 heterocycles. The van der Waals surface area contributed by atoms with Crippen LogP contribution in [-0.4, -0.2) is 42.1 Å². The van der Waals surface area contributed by atoms with E-state index >= 15 is 0 Å². The third-order valence-corrected chi connectivity index (χ3v) is 6.35. The zero-order chi connectivity index (χ0) is 19.6. The third kappa shape index (κ3) is 3.00. The fourth-order valence-electron chi connectivity index (χ4n) is 3.34. The molecular formula is C16H11ClF4N2O3S. The number of likely N-dealkylation sites (tertiary alicyclic amines) is 1. The highest BCUT2D eigenvalue weighted by Gasteiger charge is 2.47. The fourth-order valence-corrected chi connectivity index (χ4v) is 4.84. The normalized spacial score (nSPS) is 22.6. The molecule has 2 fully saturated rings. The molecule has 144 valence electrons. The Bertz CT molecular complexity index is 977. The monoisotopic (exact) mass is 422 g/mol. The van der Waals surface area contributed by atoms with Gasteiger partial charge < -0.3 is 15.0 Å². The van der Waals surface area contributed by atoms with Gasteiger partial charge >= 0.3 is 12.3 Å². The number of hydrogen-bond donors (Lipinski definition) is 1. The first kappa shape index (κ1) is 18.3. The van der Waals surface area contributed by atoms with Crippen molar-refractivity contribution in [3.63, 3.8) is 0 Å². The number of halogens is 5. The number of rotatable bonds is 1. The van der Waals surface area contributed by atoms with Crippen molar-refractivity contribution in [2.75, 3.05) is 19.7 Å². The number of amides is 2. The summed E-state index contributed by atoms with van der Waals surface area (Å²) in [6.45, 7) is 0.662. The number of nitrogens with one attached hydrogen (secondary N) is 1. The molecular weight excluding hydrogens is 412 g/mol. The van der Waals surface area contributed by atoms with E-state index in [9.17, 15) is 27.2 Å². The van der Waals surface area contributed by atoms with Crippen molar-refractivity contribution in [2.24, 2.45) is 0 Å². The van der Waals surface area contributed by atoms with E-state index < -0.39 is 35.1 Å². The Morgan fingerprint density at radius 3 is 2.74 bits per heavy atom. The second-order valence-corrected chi connectivity index (χ2v) is 7.96. The molecule has 2 saturated heterocycles. The zero-order valence-electron chi connectivity index (χ0n) is 13.5. The molecule has 0 radical (unpaired) electrons. The molecule has 0 bridgehead atoms. The number of carbonyl (C=O) groups excluding carboxylic acids is 2. The van der Waals surface area contributed by atoms with Gasteiger partial charge in [-0.15, -0.1) is 11.3 Å². The van der Waals surface area contributed by atoms with Crippen LogP contribution < -0.4 is 5.32 Å². The number of carbonyl (C=O) groups is 2. The van der Waals surface area contributed by atoms with Crippen molar-refractivity contribution in [1.82, 2.24) is 10.2 Å². The number of alkyl halides is 3. The molecule has 2 aliphatic rings. The Labute approximate surface area is 158 Å². The molecule has 1 aromatic heterocycles. The molecule has 5 nitrogen and oxygen atoms in total. The molecule has 1 spiro atoms. The van der Waals surface area contributed by atoms with Gasteiger partial charge in [0.2, 0.25) is 0 Å². The van der Waals surface area contributed by atoms with Crippen LogP contribution >= 0.6 is 22.9 Å². The summed E-state index contributed by atoms with van der Waals surface area (Å²) < 4.78 is 57.5. The summed E-state index contributed by atoms with van der Waals surface area (Å²) in [5.74, 6) is -1.92. The summed E-state index contributed by atoms with van der Waals surface area (Å²) in [6.07, 6.45) is -4.92. The van der Waals surface area contributed by atoms with E-state index in [0.717, 1.165) is 11.3 Å². The molecule has 0 aliphatic carbocycles. The van der Waals surface area contributed by atoms with Crippen LogP contribution in [0, 0.1) is 5.82 Å². The number of cyclic esters (lactones) is 1. The minimum absolute atomic E-state index is 0.0349. The third-order valence-electron chi connectivity index (χ3n) is 4.70. The zero-order valence-corrected chi connectivity index (χ0v) is 15.0.